The van der Waals surface area contributed by atoms with E-state index < -0.39 is 13.8 Å². The number of rotatable bonds is 16. The van der Waals surface area contributed by atoms with Gasteiger partial charge >= 0.3 is 0 Å². The van der Waals surface area contributed by atoms with Gasteiger partial charge < -0.3 is 29.4 Å². The van der Waals surface area contributed by atoms with Crippen molar-refractivity contribution in [1.82, 2.24) is 24.6 Å². The smallest absolute Gasteiger partial charge is 0.292 e. The Kier molecular flexibility index (Phi) is 10.8. The van der Waals surface area contributed by atoms with E-state index in [9.17, 15) is 9.46 Å². The molecule has 2 aromatic heterocycles. The van der Waals surface area contributed by atoms with Crippen LogP contribution in [-0.4, -0.2) is 62.9 Å². The number of aromatic nitrogens is 4. The lowest BCUT2D eigenvalue weighted by molar-refractivity contribution is -0.138. The Morgan fingerprint density at radius 2 is 1.84 bits per heavy atom. The number of nitrogens with two attached hydrogens (primary N) is 1. The van der Waals surface area contributed by atoms with Gasteiger partial charge in [0.25, 0.3) is 7.52 Å². The maximum absolute atomic E-state index is 12.5. The molecule has 0 aromatic carbocycles. The highest BCUT2D eigenvalue weighted by Crippen LogP contribution is 2.35. The van der Waals surface area contributed by atoms with E-state index in [1.807, 2.05) is 0 Å². The van der Waals surface area contributed by atoms with Crippen molar-refractivity contribution >= 4 is 24.5 Å². The quantitative estimate of drug-likeness (QED) is 0.195. The fraction of sp³-hybridized carbons (Fsp3) is 0.737. The summed E-state index contributed by atoms with van der Waals surface area (Å²) in [5.74, 6) is 0.304. The maximum atomic E-state index is 12.5. The summed E-state index contributed by atoms with van der Waals surface area (Å²) in [5, 5.41) is 2.64. The first kappa shape index (κ1) is 25.6. The van der Waals surface area contributed by atoms with E-state index in [4.69, 9.17) is 19.9 Å². The molecule has 0 saturated heterocycles. The molecule has 1 unspecified atom stereocenters. The highest BCUT2D eigenvalue weighted by atomic mass is 31.2. The van der Waals surface area contributed by atoms with Crippen LogP contribution in [0.15, 0.2) is 12.7 Å². The van der Waals surface area contributed by atoms with Gasteiger partial charge in [0.2, 0.25) is 0 Å². The summed E-state index contributed by atoms with van der Waals surface area (Å²) in [5.41, 5.74) is 6.90. The minimum Gasteiger partial charge on any atom is -0.382 e. The molecule has 0 spiro atoms. The van der Waals surface area contributed by atoms with Crippen molar-refractivity contribution in [3.8, 4) is 0 Å². The summed E-state index contributed by atoms with van der Waals surface area (Å²) in [6, 6.07) is 0. The van der Waals surface area contributed by atoms with Gasteiger partial charge in [0.15, 0.2) is 17.8 Å². The fourth-order valence-corrected chi connectivity index (χ4v) is 3.72. The second-order valence-corrected chi connectivity index (χ2v) is 9.35. The molecule has 0 radical (unpaired) electrons. The molecular weight excluding hydrogens is 423 g/mol. The zero-order valence-electron chi connectivity index (χ0n) is 18.6. The fourth-order valence-electron chi connectivity index (χ4n) is 2.74. The number of nitrogen functional groups attached to an aromatic ring is 1. The summed E-state index contributed by atoms with van der Waals surface area (Å²) < 4.78 is 31.2. The number of nitrogens with zero attached hydrogens (tertiary/aromatic N) is 4. The Hall–Kier alpha value is -1.62. The van der Waals surface area contributed by atoms with Crippen LogP contribution in [0.2, 0.25) is 0 Å². The summed E-state index contributed by atoms with van der Waals surface area (Å²) in [4.78, 5) is 22.5. The summed E-state index contributed by atoms with van der Waals surface area (Å²) >= 11 is 0. The van der Waals surface area contributed by atoms with Gasteiger partial charge in [-0.25, -0.2) is 20.0 Å². The highest BCUT2D eigenvalue weighted by Gasteiger charge is 2.22. The number of hydrogen-bond acceptors (Lipinski definition) is 8. The lowest BCUT2D eigenvalue weighted by Crippen LogP contribution is -2.32. The lowest BCUT2D eigenvalue weighted by atomic mass is 10.3. The van der Waals surface area contributed by atoms with Crippen molar-refractivity contribution in [3.63, 3.8) is 0 Å². The highest BCUT2D eigenvalue weighted by molar-refractivity contribution is 7.55. The molecule has 2 heterocycles. The van der Waals surface area contributed by atoms with Gasteiger partial charge in [-0.15, -0.1) is 0 Å². The zero-order chi connectivity index (χ0) is 22.7. The summed E-state index contributed by atoms with van der Waals surface area (Å²) in [7, 11) is -3.73. The van der Waals surface area contributed by atoms with Gasteiger partial charge in [-0.3, -0.25) is 4.57 Å². The molecule has 0 amide bonds. The van der Waals surface area contributed by atoms with Crippen molar-refractivity contribution in [3.05, 3.63) is 12.7 Å². The van der Waals surface area contributed by atoms with Crippen LogP contribution < -0.4 is 10.8 Å². The number of anilines is 1. The zero-order valence-corrected chi connectivity index (χ0v) is 19.5. The molecule has 0 bridgehead atoms. The van der Waals surface area contributed by atoms with Gasteiger partial charge in [0.1, 0.15) is 18.2 Å². The first-order valence-electron chi connectivity index (χ1n) is 10.7. The van der Waals surface area contributed by atoms with E-state index in [1.165, 1.54) is 6.33 Å². The molecular formula is C19H35N6O5P. The van der Waals surface area contributed by atoms with Gasteiger partial charge in [0.05, 0.1) is 25.5 Å². The van der Waals surface area contributed by atoms with Crippen molar-refractivity contribution in [2.75, 3.05) is 31.8 Å². The second kappa shape index (κ2) is 13.0. The Morgan fingerprint density at radius 3 is 2.48 bits per heavy atom. The summed E-state index contributed by atoms with van der Waals surface area (Å²) in [6.45, 7) is 7.56. The number of imidazole rings is 1. The minimum absolute atomic E-state index is 0.112. The SMILES string of the molecule is CCCCOC(CNP(=O)(O)CO[C@H](C)Cn1cnc2c(N)ncnc21)OCCCC. The van der Waals surface area contributed by atoms with E-state index in [1.54, 1.807) is 17.8 Å². The van der Waals surface area contributed by atoms with Crippen LogP contribution in [0, 0.1) is 0 Å². The predicted molar refractivity (Wildman–Crippen MR) is 118 cm³/mol. The third kappa shape index (κ3) is 8.80. The van der Waals surface area contributed by atoms with Crippen LogP contribution >= 0.6 is 7.52 Å². The Balaban J connectivity index is 1.81. The molecule has 4 N–H and O–H groups in total. The van der Waals surface area contributed by atoms with Crippen LogP contribution in [0.5, 0.6) is 0 Å². The molecule has 0 fully saturated rings. The molecule has 2 aromatic rings. The van der Waals surface area contributed by atoms with Crippen LogP contribution in [0.3, 0.4) is 0 Å². The third-order valence-corrected chi connectivity index (χ3v) is 5.70. The normalized spacial score (nSPS) is 14.9. The Labute approximate surface area is 183 Å². The Morgan fingerprint density at radius 1 is 1.16 bits per heavy atom. The van der Waals surface area contributed by atoms with Crippen LogP contribution in [0.1, 0.15) is 46.5 Å². The van der Waals surface area contributed by atoms with E-state index in [0.29, 0.717) is 36.7 Å². The van der Waals surface area contributed by atoms with Crippen molar-refractivity contribution in [2.24, 2.45) is 0 Å². The molecule has 0 saturated carbocycles. The molecule has 2 atom stereocenters. The standard InChI is InChI=1S/C19H35N6O5P/c1-4-6-8-28-16(29-9-7-5-2)10-24-31(26,27)14-30-15(3)11-25-13-23-17-18(20)21-12-22-19(17)25/h12-13,15-16H,4-11,14H2,1-3H3,(H2,20,21,22)(H2,24,26,27)/t15-/m1/s1. The van der Waals surface area contributed by atoms with Crippen LogP contribution in [0.4, 0.5) is 5.82 Å². The second-order valence-electron chi connectivity index (χ2n) is 7.38. The first-order chi connectivity index (χ1) is 14.9. The van der Waals surface area contributed by atoms with Crippen LogP contribution in [0.25, 0.3) is 11.2 Å². The van der Waals surface area contributed by atoms with Crippen molar-refractivity contribution in [2.45, 2.75) is 65.4 Å². The number of unbranched alkanes of at least 4 members (excludes halogenated alkanes) is 2. The van der Waals surface area contributed by atoms with Crippen LogP contribution in [-0.2, 0) is 25.3 Å². The number of hydrogen-bond donors (Lipinski definition) is 3. The molecule has 12 heteroatoms. The Bertz CT molecular complexity index is 825. The topological polar surface area (TPSA) is 147 Å². The molecule has 31 heavy (non-hydrogen) atoms. The third-order valence-electron chi connectivity index (χ3n) is 4.53. The molecule has 11 nitrogen and oxygen atoms in total. The van der Waals surface area contributed by atoms with E-state index in [0.717, 1.165) is 25.7 Å². The van der Waals surface area contributed by atoms with E-state index in [2.05, 4.69) is 33.9 Å². The van der Waals surface area contributed by atoms with Gasteiger partial charge in [-0.1, -0.05) is 26.7 Å². The van der Waals surface area contributed by atoms with Gasteiger partial charge in [0, 0.05) is 13.2 Å². The van der Waals surface area contributed by atoms with Gasteiger partial charge in [-0.2, -0.15) is 0 Å². The molecule has 2 rings (SSSR count). The van der Waals surface area contributed by atoms with E-state index >= 15 is 0 Å². The average Bonchev–Trinajstić information content (AvgIpc) is 3.15. The average molecular weight is 459 g/mol. The number of nitrogens with one attached hydrogen (secondary N) is 1. The molecule has 0 aliphatic carbocycles. The van der Waals surface area contributed by atoms with Crippen molar-refractivity contribution in [1.29, 1.82) is 0 Å². The molecule has 0 aliphatic heterocycles. The van der Waals surface area contributed by atoms with E-state index in [-0.39, 0.29) is 19.0 Å². The largest absolute Gasteiger partial charge is 0.382 e. The van der Waals surface area contributed by atoms with Crippen molar-refractivity contribution < 1.29 is 23.7 Å². The lowest BCUT2D eigenvalue weighted by Gasteiger charge is -2.22. The predicted octanol–water partition coefficient (Wildman–Crippen LogP) is 2.51. The minimum atomic E-state index is -3.73. The van der Waals surface area contributed by atoms with Gasteiger partial charge in [-0.05, 0) is 19.8 Å². The maximum Gasteiger partial charge on any atom is 0.292 e. The number of fused-ring (bicyclic) bond motifs is 1. The monoisotopic (exact) mass is 458 g/mol. The molecule has 0 aliphatic rings. The first-order valence-corrected chi connectivity index (χ1v) is 12.5. The molecule has 176 valence electrons. The number of ether oxygens (including phenoxy) is 3. The summed E-state index contributed by atoms with van der Waals surface area (Å²) in [6.07, 6.45) is 5.53.